The summed E-state index contributed by atoms with van der Waals surface area (Å²) >= 11 is 0. The number of carbonyl (C=O) groups is 2. The maximum absolute atomic E-state index is 12.3. The van der Waals surface area contributed by atoms with E-state index in [2.05, 4.69) is 11.4 Å². The molecule has 1 saturated carbocycles. The van der Waals surface area contributed by atoms with Crippen molar-refractivity contribution in [2.45, 2.75) is 37.6 Å². The molecule has 0 aromatic heterocycles. The van der Waals surface area contributed by atoms with Crippen molar-refractivity contribution < 1.29 is 19.4 Å². The van der Waals surface area contributed by atoms with E-state index >= 15 is 0 Å². The average molecular weight is 318 g/mol. The minimum Gasteiger partial charge on any atom is -0.497 e. The summed E-state index contributed by atoms with van der Waals surface area (Å²) in [4.78, 5) is 24.7. The van der Waals surface area contributed by atoms with Crippen LogP contribution in [0.3, 0.4) is 0 Å². The molecule has 23 heavy (non-hydrogen) atoms. The van der Waals surface area contributed by atoms with Gasteiger partial charge in [0.25, 0.3) is 0 Å². The maximum atomic E-state index is 12.3. The van der Waals surface area contributed by atoms with Crippen LogP contribution in [0.2, 0.25) is 0 Å². The highest BCUT2D eigenvalue weighted by Crippen LogP contribution is 2.53. The van der Waals surface area contributed by atoms with Gasteiger partial charge in [0.2, 0.25) is 0 Å². The van der Waals surface area contributed by atoms with E-state index in [1.54, 1.807) is 7.11 Å². The molecule has 1 aromatic carbocycles. The SMILES string of the molecule is COc1ccc2c(c1)C1(CC1)CN(C(=O)NCCCC(=O)O)C2. The number of carboxylic acid groups (broad SMARTS) is 1. The summed E-state index contributed by atoms with van der Waals surface area (Å²) in [6, 6.07) is 5.97. The summed E-state index contributed by atoms with van der Waals surface area (Å²) in [5.41, 5.74) is 2.57. The minimum atomic E-state index is -0.836. The number of hydrogen-bond donors (Lipinski definition) is 2. The fraction of sp³-hybridized carbons (Fsp3) is 0.529. The smallest absolute Gasteiger partial charge is 0.317 e. The molecule has 2 aliphatic rings. The number of benzene rings is 1. The first-order valence-electron chi connectivity index (χ1n) is 7.96. The van der Waals surface area contributed by atoms with Crippen molar-refractivity contribution in [3.05, 3.63) is 29.3 Å². The van der Waals surface area contributed by atoms with Crippen LogP contribution < -0.4 is 10.1 Å². The fourth-order valence-corrected chi connectivity index (χ4v) is 3.29. The van der Waals surface area contributed by atoms with Gasteiger partial charge in [0.1, 0.15) is 5.75 Å². The van der Waals surface area contributed by atoms with Gasteiger partial charge in [-0.25, -0.2) is 4.79 Å². The van der Waals surface area contributed by atoms with Crippen molar-refractivity contribution in [2.24, 2.45) is 0 Å². The number of ether oxygens (including phenoxy) is 1. The zero-order valence-corrected chi connectivity index (χ0v) is 13.3. The van der Waals surface area contributed by atoms with Gasteiger partial charge in [-0.2, -0.15) is 0 Å². The van der Waals surface area contributed by atoms with Gasteiger partial charge in [0, 0.05) is 31.5 Å². The molecule has 1 aromatic rings. The van der Waals surface area contributed by atoms with Crippen molar-refractivity contribution in [1.29, 1.82) is 0 Å². The lowest BCUT2D eigenvalue weighted by Gasteiger charge is -2.35. The highest BCUT2D eigenvalue weighted by atomic mass is 16.5. The van der Waals surface area contributed by atoms with Crippen LogP contribution in [0.4, 0.5) is 4.79 Å². The van der Waals surface area contributed by atoms with E-state index in [1.165, 1.54) is 11.1 Å². The van der Waals surface area contributed by atoms with E-state index in [0.717, 1.165) is 25.1 Å². The molecule has 0 radical (unpaired) electrons. The van der Waals surface area contributed by atoms with Crippen molar-refractivity contribution in [2.75, 3.05) is 20.2 Å². The maximum Gasteiger partial charge on any atom is 0.317 e. The van der Waals surface area contributed by atoms with Crippen LogP contribution in [-0.2, 0) is 16.8 Å². The largest absolute Gasteiger partial charge is 0.497 e. The van der Waals surface area contributed by atoms with Crippen LogP contribution in [-0.4, -0.2) is 42.2 Å². The summed E-state index contributed by atoms with van der Waals surface area (Å²) < 4.78 is 5.32. The summed E-state index contributed by atoms with van der Waals surface area (Å²) in [6.45, 7) is 1.70. The molecule has 1 heterocycles. The molecule has 0 atom stereocenters. The van der Waals surface area contributed by atoms with E-state index < -0.39 is 5.97 Å². The molecule has 124 valence electrons. The number of urea groups is 1. The van der Waals surface area contributed by atoms with Gasteiger partial charge >= 0.3 is 12.0 Å². The van der Waals surface area contributed by atoms with Crippen molar-refractivity contribution in [3.63, 3.8) is 0 Å². The van der Waals surface area contributed by atoms with Gasteiger partial charge in [0.15, 0.2) is 0 Å². The standard InChI is InChI=1S/C17H22N2O4/c1-23-13-5-4-12-10-19(11-17(6-7-17)14(12)9-13)16(22)18-8-2-3-15(20)21/h4-5,9H,2-3,6-8,10-11H2,1H3,(H,18,22)(H,20,21). The van der Waals surface area contributed by atoms with Crippen molar-refractivity contribution in [1.82, 2.24) is 10.2 Å². The fourth-order valence-electron chi connectivity index (χ4n) is 3.29. The average Bonchev–Trinajstić information content (AvgIpc) is 3.31. The van der Waals surface area contributed by atoms with Crippen molar-refractivity contribution in [3.8, 4) is 5.75 Å². The number of rotatable bonds is 5. The highest BCUT2D eigenvalue weighted by Gasteiger charge is 2.50. The van der Waals surface area contributed by atoms with Crippen LogP contribution in [0.5, 0.6) is 5.75 Å². The minimum absolute atomic E-state index is 0.0762. The second-order valence-electron chi connectivity index (χ2n) is 6.39. The van der Waals surface area contributed by atoms with Gasteiger partial charge in [-0.05, 0) is 42.5 Å². The van der Waals surface area contributed by atoms with Gasteiger partial charge in [0.05, 0.1) is 7.11 Å². The molecule has 6 heteroatoms. The van der Waals surface area contributed by atoms with E-state index in [-0.39, 0.29) is 17.9 Å². The Hall–Kier alpha value is -2.24. The lowest BCUT2D eigenvalue weighted by molar-refractivity contribution is -0.137. The second kappa shape index (κ2) is 6.10. The molecule has 1 aliphatic heterocycles. The number of amides is 2. The normalized spacial score (nSPS) is 17.5. The molecule has 1 aliphatic carbocycles. The first kappa shape index (κ1) is 15.6. The third kappa shape index (κ3) is 3.25. The Labute approximate surface area is 135 Å². The zero-order chi connectivity index (χ0) is 16.4. The monoisotopic (exact) mass is 318 g/mol. The summed E-state index contributed by atoms with van der Waals surface area (Å²) in [6.07, 6.45) is 2.71. The predicted octanol–water partition coefficient (Wildman–Crippen LogP) is 2.12. The van der Waals surface area contributed by atoms with E-state index in [9.17, 15) is 9.59 Å². The molecule has 0 saturated heterocycles. The quantitative estimate of drug-likeness (QED) is 0.815. The Bertz CT molecular complexity index is 625. The Morgan fingerprint density at radius 3 is 2.83 bits per heavy atom. The third-order valence-corrected chi connectivity index (χ3v) is 4.73. The first-order valence-corrected chi connectivity index (χ1v) is 7.96. The van der Waals surface area contributed by atoms with Crippen LogP contribution in [0.15, 0.2) is 18.2 Å². The Balaban J connectivity index is 1.65. The topological polar surface area (TPSA) is 78.9 Å². The van der Waals surface area contributed by atoms with Crippen molar-refractivity contribution >= 4 is 12.0 Å². The zero-order valence-electron chi connectivity index (χ0n) is 13.3. The van der Waals surface area contributed by atoms with Gasteiger partial charge in [-0.15, -0.1) is 0 Å². The lowest BCUT2D eigenvalue weighted by Crippen LogP contribution is -2.46. The predicted molar refractivity (Wildman–Crippen MR) is 84.6 cm³/mol. The number of fused-ring (bicyclic) bond motifs is 2. The van der Waals surface area contributed by atoms with Crippen LogP contribution in [0, 0.1) is 0 Å². The lowest BCUT2D eigenvalue weighted by atomic mass is 9.87. The van der Waals surface area contributed by atoms with Crippen LogP contribution in [0.1, 0.15) is 36.8 Å². The van der Waals surface area contributed by atoms with E-state index in [0.29, 0.717) is 19.5 Å². The number of carbonyl (C=O) groups excluding carboxylic acids is 1. The molecular weight excluding hydrogens is 296 g/mol. The van der Waals surface area contributed by atoms with Gasteiger partial charge < -0.3 is 20.1 Å². The molecule has 1 fully saturated rings. The molecule has 2 N–H and O–H groups in total. The number of nitrogens with one attached hydrogen (secondary N) is 1. The summed E-state index contributed by atoms with van der Waals surface area (Å²) in [5.74, 6) is 0.0265. The summed E-state index contributed by atoms with van der Waals surface area (Å²) in [7, 11) is 1.67. The molecule has 0 bridgehead atoms. The molecule has 2 amide bonds. The van der Waals surface area contributed by atoms with Crippen LogP contribution >= 0.6 is 0 Å². The Morgan fingerprint density at radius 2 is 2.17 bits per heavy atom. The third-order valence-electron chi connectivity index (χ3n) is 4.73. The number of nitrogens with zero attached hydrogens (tertiary/aromatic N) is 1. The molecule has 6 nitrogen and oxygen atoms in total. The van der Waals surface area contributed by atoms with E-state index in [1.807, 2.05) is 17.0 Å². The molecule has 0 unspecified atom stereocenters. The van der Waals surface area contributed by atoms with Crippen LogP contribution in [0.25, 0.3) is 0 Å². The number of carboxylic acids is 1. The highest BCUT2D eigenvalue weighted by molar-refractivity contribution is 5.75. The molecule has 1 spiro atoms. The number of methoxy groups -OCH3 is 1. The summed E-state index contributed by atoms with van der Waals surface area (Å²) in [5, 5.41) is 11.4. The van der Waals surface area contributed by atoms with Gasteiger partial charge in [-0.1, -0.05) is 6.07 Å². The Morgan fingerprint density at radius 1 is 1.39 bits per heavy atom. The first-order chi connectivity index (χ1) is 11.0. The van der Waals surface area contributed by atoms with E-state index in [4.69, 9.17) is 9.84 Å². The number of aliphatic carboxylic acids is 1. The Kier molecular flexibility index (Phi) is 4.15. The number of hydrogen-bond acceptors (Lipinski definition) is 3. The molecule has 3 rings (SSSR count). The molecular formula is C17H22N2O4. The second-order valence-corrected chi connectivity index (χ2v) is 6.39. The van der Waals surface area contributed by atoms with Gasteiger partial charge in [-0.3, -0.25) is 4.79 Å².